The van der Waals surface area contributed by atoms with Gasteiger partial charge in [-0.1, -0.05) is 0 Å². The second kappa shape index (κ2) is 10.0. The molecule has 0 radical (unpaired) electrons. The van der Waals surface area contributed by atoms with E-state index in [4.69, 9.17) is 22.2 Å². The Morgan fingerprint density at radius 1 is 1.24 bits per heavy atom. The molecule has 1 fully saturated rings. The summed E-state index contributed by atoms with van der Waals surface area (Å²) in [4.78, 5) is 4.16. The number of nitrogens with zero attached hydrogens (tertiary/aromatic N) is 5. The van der Waals surface area contributed by atoms with E-state index in [9.17, 15) is 8.78 Å². The predicted octanol–water partition coefficient (Wildman–Crippen LogP) is 1.72. The summed E-state index contributed by atoms with van der Waals surface area (Å²) in [6.45, 7) is 2.07. The highest BCUT2D eigenvalue weighted by Crippen LogP contribution is 2.30. The van der Waals surface area contributed by atoms with Crippen molar-refractivity contribution >= 4 is 17.3 Å². The van der Waals surface area contributed by atoms with E-state index in [-0.39, 0.29) is 34.6 Å². The molecule has 0 amide bonds. The lowest BCUT2D eigenvalue weighted by Crippen LogP contribution is -2.40. The van der Waals surface area contributed by atoms with Gasteiger partial charge in [0.1, 0.15) is 5.82 Å². The van der Waals surface area contributed by atoms with Crippen LogP contribution in [0, 0.1) is 17.6 Å². The molecule has 0 atom stereocenters. The van der Waals surface area contributed by atoms with Crippen LogP contribution in [-0.4, -0.2) is 40.3 Å². The molecule has 1 aromatic carbocycles. The first-order valence-electron chi connectivity index (χ1n) is 10.8. The van der Waals surface area contributed by atoms with E-state index < -0.39 is 11.6 Å². The van der Waals surface area contributed by atoms with Gasteiger partial charge in [-0.3, -0.25) is 9.69 Å². The first kappa shape index (κ1) is 23.4. The zero-order chi connectivity index (χ0) is 24.2. The van der Waals surface area contributed by atoms with Gasteiger partial charge >= 0.3 is 0 Å². The quantitative estimate of drug-likeness (QED) is 0.184. The molecule has 0 saturated carbocycles. The van der Waals surface area contributed by atoms with Crippen LogP contribution in [0.4, 0.5) is 20.3 Å². The molecule has 3 aromatic rings. The molecule has 0 spiro atoms. The van der Waals surface area contributed by atoms with E-state index in [1.807, 2.05) is 0 Å². The maximum Gasteiger partial charge on any atom is 0.202 e. The average molecular weight is 472 g/mol. The third-order valence-corrected chi connectivity index (χ3v) is 5.77. The lowest BCUT2D eigenvalue weighted by Gasteiger charge is -2.24. The molecule has 1 saturated heterocycles. The van der Waals surface area contributed by atoms with Crippen molar-refractivity contribution in [1.29, 1.82) is 0 Å². The fraction of sp³-hybridized carbons (Fsp3) is 0.318. The van der Waals surface area contributed by atoms with Crippen molar-refractivity contribution in [2.75, 3.05) is 30.4 Å². The molecule has 0 bridgehead atoms. The van der Waals surface area contributed by atoms with Crippen LogP contribution in [0.2, 0.25) is 0 Å². The van der Waals surface area contributed by atoms with Crippen molar-refractivity contribution in [2.24, 2.45) is 29.8 Å². The third kappa shape index (κ3) is 4.77. The SMILES string of the molecule is Cn1cc(-c2cnc(N)c(/C(=N/N)N(N)c3ccc(OCC4CCNCC4)c(F)c3F)c2)cn1. The number of hydrazone groups is 1. The normalized spacial score (nSPS) is 14.9. The predicted molar refractivity (Wildman–Crippen MR) is 126 cm³/mol. The van der Waals surface area contributed by atoms with Crippen LogP contribution in [-0.2, 0) is 7.05 Å². The van der Waals surface area contributed by atoms with Gasteiger partial charge in [0.2, 0.25) is 5.82 Å². The molecule has 7 N–H and O–H groups in total. The zero-order valence-corrected chi connectivity index (χ0v) is 18.7. The lowest BCUT2D eigenvalue weighted by atomic mass is 9.99. The summed E-state index contributed by atoms with van der Waals surface area (Å²) in [5.41, 5.74) is 7.42. The Bertz CT molecular complexity index is 1190. The topological polar surface area (TPSA) is 146 Å². The summed E-state index contributed by atoms with van der Waals surface area (Å²) in [5.74, 6) is 9.43. The molecule has 1 aliphatic rings. The number of pyridine rings is 1. The van der Waals surface area contributed by atoms with Crippen LogP contribution in [0.1, 0.15) is 18.4 Å². The molecule has 4 rings (SSSR count). The molecule has 0 aliphatic carbocycles. The van der Waals surface area contributed by atoms with Crippen LogP contribution >= 0.6 is 0 Å². The zero-order valence-electron chi connectivity index (χ0n) is 18.7. The number of piperidine rings is 1. The molecular formula is C22H27F2N9O. The number of hydrogen-bond acceptors (Lipinski definition) is 8. The smallest absolute Gasteiger partial charge is 0.202 e. The minimum Gasteiger partial charge on any atom is -0.490 e. The van der Waals surface area contributed by atoms with Gasteiger partial charge in [0.15, 0.2) is 17.4 Å². The number of halogens is 2. The fourth-order valence-corrected chi connectivity index (χ4v) is 3.83. The summed E-state index contributed by atoms with van der Waals surface area (Å²) < 4.78 is 37.0. The Labute approximate surface area is 195 Å². The molecule has 12 heteroatoms. The Kier molecular flexibility index (Phi) is 6.89. The van der Waals surface area contributed by atoms with E-state index >= 15 is 0 Å². The highest BCUT2D eigenvalue weighted by molar-refractivity contribution is 6.12. The van der Waals surface area contributed by atoms with E-state index in [1.54, 1.807) is 36.4 Å². The number of nitrogen functional groups attached to an aromatic ring is 1. The summed E-state index contributed by atoms with van der Waals surface area (Å²) >= 11 is 0. The Hall–Kier alpha value is -3.77. The van der Waals surface area contributed by atoms with Crippen molar-refractivity contribution in [2.45, 2.75) is 12.8 Å². The first-order chi connectivity index (χ1) is 16.4. The number of amidine groups is 1. The number of aryl methyl sites for hydroxylation is 1. The second-order valence-electron chi connectivity index (χ2n) is 8.10. The number of nitrogens with one attached hydrogen (secondary N) is 1. The molecular weight excluding hydrogens is 444 g/mol. The van der Waals surface area contributed by atoms with Crippen molar-refractivity contribution in [3.63, 3.8) is 0 Å². The molecule has 34 heavy (non-hydrogen) atoms. The van der Waals surface area contributed by atoms with Gasteiger partial charge in [0.05, 0.1) is 24.1 Å². The molecule has 3 heterocycles. The van der Waals surface area contributed by atoms with Gasteiger partial charge in [-0.05, 0) is 50.0 Å². The lowest BCUT2D eigenvalue weighted by molar-refractivity contribution is 0.206. The molecule has 0 unspecified atom stereocenters. The van der Waals surface area contributed by atoms with Crippen LogP contribution in [0.5, 0.6) is 5.75 Å². The first-order valence-corrected chi connectivity index (χ1v) is 10.8. The maximum absolute atomic E-state index is 15.0. The highest BCUT2D eigenvalue weighted by Gasteiger charge is 2.24. The summed E-state index contributed by atoms with van der Waals surface area (Å²) in [7, 11) is 1.78. The fourth-order valence-electron chi connectivity index (χ4n) is 3.83. The van der Waals surface area contributed by atoms with Crippen LogP contribution < -0.4 is 32.5 Å². The minimum atomic E-state index is -1.19. The van der Waals surface area contributed by atoms with E-state index in [1.165, 1.54) is 12.1 Å². The Morgan fingerprint density at radius 2 is 2.00 bits per heavy atom. The summed E-state index contributed by atoms with van der Waals surface area (Å²) in [5, 5.41) is 11.9. The van der Waals surface area contributed by atoms with E-state index in [0.717, 1.165) is 36.5 Å². The third-order valence-electron chi connectivity index (χ3n) is 5.77. The Morgan fingerprint density at radius 3 is 2.68 bits per heavy atom. The summed E-state index contributed by atoms with van der Waals surface area (Å²) in [6.07, 6.45) is 6.83. The number of benzene rings is 1. The van der Waals surface area contributed by atoms with Gasteiger partial charge in [-0.25, -0.2) is 15.2 Å². The number of anilines is 2. The van der Waals surface area contributed by atoms with E-state index in [0.29, 0.717) is 12.2 Å². The monoisotopic (exact) mass is 471 g/mol. The van der Waals surface area contributed by atoms with E-state index in [2.05, 4.69) is 20.5 Å². The van der Waals surface area contributed by atoms with Crippen molar-refractivity contribution in [3.05, 3.63) is 54.0 Å². The molecule has 10 nitrogen and oxygen atoms in total. The Balaban J connectivity index is 1.59. The number of ether oxygens (including phenoxy) is 1. The second-order valence-corrected chi connectivity index (χ2v) is 8.10. The number of nitrogens with two attached hydrogens (primary N) is 3. The van der Waals surface area contributed by atoms with Crippen molar-refractivity contribution in [1.82, 2.24) is 20.1 Å². The summed E-state index contributed by atoms with van der Waals surface area (Å²) in [6, 6.07) is 4.28. The van der Waals surface area contributed by atoms with Gasteiger partial charge in [0, 0.05) is 30.6 Å². The van der Waals surface area contributed by atoms with Gasteiger partial charge in [0.25, 0.3) is 0 Å². The van der Waals surface area contributed by atoms with Crippen LogP contribution in [0.15, 0.2) is 41.9 Å². The molecule has 1 aliphatic heterocycles. The van der Waals surface area contributed by atoms with Crippen LogP contribution in [0.25, 0.3) is 11.1 Å². The molecule has 180 valence electrons. The largest absolute Gasteiger partial charge is 0.490 e. The number of aromatic nitrogens is 3. The maximum atomic E-state index is 15.0. The number of rotatable bonds is 6. The average Bonchev–Trinajstić information content (AvgIpc) is 3.28. The van der Waals surface area contributed by atoms with Gasteiger partial charge in [-0.15, -0.1) is 0 Å². The highest BCUT2D eigenvalue weighted by atomic mass is 19.2. The number of hydrazine groups is 1. The van der Waals surface area contributed by atoms with Gasteiger partial charge < -0.3 is 21.6 Å². The van der Waals surface area contributed by atoms with Gasteiger partial charge in [-0.2, -0.15) is 14.6 Å². The number of hydrogen-bond donors (Lipinski definition) is 4. The molecule has 2 aromatic heterocycles. The van der Waals surface area contributed by atoms with Crippen LogP contribution in [0.3, 0.4) is 0 Å². The standard InChI is InChI=1S/C22H27F2N9O/c1-32-11-15(10-30-32)14-8-16(21(25)29-9-14)22(31-26)33(27)17-2-3-18(20(24)19(17)23)34-12-13-4-6-28-7-5-13/h2-3,8-11,13,28H,4-7,12,26-27H2,1H3,(H2,25,29)/b31-22-. The van der Waals surface area contributed by atoms with Crippen molar-refractivity contribution in [3.8, 4) is 16.9 Å². The van der Waals surface area contributed by atoms with Crippen molar-refractivity contribution < 1.29 is 13.5 Å². The minimum absolute atomic E-state index is 0.0649.